The van der Waals surface area contributed by atoms with Crippen LogP contribution in [0.3, 0.4) is 0 Å². The van der Waals surface area contributed by atoms with Crippen LogP contribution in [0.1, 0.15) is 44.2 Å². The molecule has 2 N–H and O–H groups in total. The first kappa shape index (κ1) is 28.2. The molecule has 1 aliphatic heterocycles. The summed E-state index contributed by atoms with van der Waals surface area (Å²) >= 11 is 0. The molecule has 8 nitrogen and oxygen atoms in total. The van der Waals surface area contributed by atoms with E-state index in [0.29, 0.717) is 42.0 Å². The molecular weight excluding hydrogens is 492 g/mol. The Hall–Kier alpha value is -3.81. The number of carbonyl (C=O) groups is 2. The van der Waals surface area contributed by atoms with Gasteiger partial charge in [0.2, 0.25) is 11.8 Å². The van der Waals surface area contributed by atoms with Gasteiger partial charge in [0.1, 0.15) is 5.82 Å². The van der Waals surface area contributed by atoms with Gasteiger partial charge in [-0.25, -0.2) is 4.98 Å². The summed E-state index contributed by atoms with van der Waals surface area (Å²) in [6, 6.07) is 13.6. The minimum Gasteiger partial charge on any atom is -0.493 e. The predicted octanol–water partition coefficient (Wildman–Crippen LogP) is 5.12. The zero-order chi connectivity index (χ0) is 27.9. The number of ether oxygens (including phenoxy) is 2. The SMILES string of the molecule is COc1ccc(CCNC(=O)CCC(=O)Nc2ccc3nc(N4C[C@H](C)C[C@@H](C)C4)cc(C)c3c2)cc1OC. The number of nitrogens with zero attached hydrogens (tertiary/aromatic N) is 2. The molecule has 1 fully saturated rings. The number of fused-ring (bicyclic) bond motifs is 1. The number of carbonyl (C=O) groups excluding carboxylic acids is 2. The molecule has 2 heterocycles. The molecule has 4 rings (SSSR count). The molecule has 1 saturated heterocycles. The Labute approximate surface area is 231 Å². The lowest BCUT2D eigenvalue weighted by Crippen LogP contribution is -2.39. The van der Waals surface area contributed by atoms with Crippen molar-refractivity contribution in [2.45, 2.75) is 46.5 Å². The van der Waals surface area contributed by atoms with E-state index < -0.39 is 0 Å². The van der Waals surface area contributed by atoms with Gasteiger partial charge in [0.15, 0.2) is 11.5 Å². The van der Waals surface area contributed by atoms with Gasteiger partial charge in [-0.1, -0.05) is 19.9 Å². The second-order valence-electron chi connectivity index (χ2n) is 10.7. The molecule has 1 aromatic heterocycles. The lowest BCUT2D eigenvalue weighted by molar-refractivity contribution is -0.124. The van der Waals surface area contributed by atoms with Crippen LogP contribution in [0.25, 0.3) is 10.9 Å². The van der Waals surface area contributed by atoms with Crippen molar-refractivity contribution < 1.29 is 19.1 Å². The van der Waals surface area contributed by atoms with Crippen LogP contribution >= 0.6 is 0 Å². The average Bonchev–Trinajstić information content (AvgIpc) is 2.91. The fraction of sp³-hybridized carbons (Fsp3) is 0.452. The van der Waals surface area contributed by atoms with Crippen LogP contribution in [0.4, 0.5) is 11.5 Å². The van der Waals surface area contributed by atoms with Crippen molar-refractivity contribution in [2.75, 3.05) is 44.1 Å². The fourth-order valence-corrected chi connectivity index (χ4v) is 5.39. The number of aromatic nitrogens is 1. The normalized spacial score (nSPS) is 17.1. The van der Waals surface area contributed by atoms with Crippen molar-refractivity contribution in [3.8, 4) is 11.5 Å². The van der Waals surface area contributed by atoms with Crippen LogP contribution in [0.5, 0.6) is 11.5 Å². The van der Waals surface area contributed by atoms with Crippen LogP contribution in [0.15, 0.2) is 42.5 Å². The van der Waals surface area contributed by atoms with Crippen molar-refractivity contribution >= 4 is 34.2 Å². The number of anilines is 2. The molecule has 3 aromatic rings. The Balaban J connectivity index is 1.27. The van der Waals surface area contributed by atoms with Gasteiger partial charge in [-0.2, -0.15) is 0 Å². The van der Waals surface area contributed by atoms with Gasteiger partial charge in [0.25, 0.3) is 0 Å². The quantitative estimate of drug-likeness (QED) is 0.377. The van der Waals surface area contributed by atoms with Crippen molar-refractivity contribution in [3.05, 3.63) is 53.6 Å². The van der Waals surface area contributed by atoms with Gasteiger partial charge < -0.3 is 25.0 Å². The van der Waals surface area contributed by atoms with Gasteiger partial charge in [-0.3, -0.25) is 9.59 Å². The zero-order valence-electron chi connectivity index (χ0n) is 23.7. The van der Waals surface area contributed by atoms with Crippen LogP contribution in [-0.4, -0.2) is 50.7 Å². The number of rotatable bonds is 10. The molecule has 0 aliphatic carbocycles. The summed E-state index contributed by atoms with van der Waals surface area (Å²) in [6.45, 7) is 9.22. The summed E-state index contributed by atoms with van der Waals surface area (Å²) < 4.78 is 10.6. The minimum atomic E-state index is -0.192. The third-order valence-corrected chi connectivity index (χ3v) is 7.24. The number of hydrogen-bond donors (Lipinski definition) is 2. The highest BCUT2D eigenvalue weighted by molar-refractivity contribution is 5.96. The van der Waals surface area contributed by atoms with Crippen molar-refractivity contribution in [2.24, 2.45) is 11.8 Å². The number of nitrogens with one attached hydrogen (secondary N) is 2. The van der Waals surface area contributed by atoms with E-state index in [2.05, 4.69) is 42.4 Å². The number of methoxy groups -OCH3 is 2. The number of piperidine rings is 1. The van der Waals surface area contributed by atoms with E-state index in [1.807, 2.05) is 36.4 Å². The van der Waals surface area contributed by atoms with E-state index in [0.717, 1.165) is 40.9 Å². The molecule has 2 amide bonds. The van der Waals surface area contributed by atoms with E-state index in [9.17, 15) is 9.59 Å². The summed E-state index contributed by atoms with van der Waals surface area (Å²) in [6.07, 6.45) is 2.15. The Morgan fingerprint density at radius 3 is 2.38 bits per heavy atom. The first-order valence-corrected chi connectivity index (χ1v) is 13.7. The Morgan fingerprint density at radius 2 is 1.67 bits per heavy atom. The molecule has 2 aromatic carbocycles. The Kier molecular flexibility index (Phi) is 9.28. The molecule has 8 heteroatoms. The Morgan fingerprint density at radius 1 is 0.949 bits per heavy atom. The Bertz CT molecular complexity index is 1320. The number of pyridine rings is 1. The van der Waals surface area contributed by atoms with Crippen LogP contribution < -0.4 is 25.0 Å². The molecule has 0 bridgehead atoms. The van der Waals surface area contributed by atoms with Gasteiger partial charge in [-0.05, 0) is 79.1 Å². The zero-order valence-corrected chi connectivity index (χ0v) is 23.7. The third kappa shape index (κ3) is 7.40. The van der Waals surface area contributed by atoms with Crippen LogP contribution in [0, 0.1) is 18.8 Å². The highest BCUT2D eigenvalue weighted by Crippen LogP contribution is 2.30. The maximum absolute atomic E-state index is 12.5. The van der Waals surface area contributed by atoms with E-state index >= 15 is 0 Å². The third-order valence-electron chi connectivity index (χ3n) is 7.24. The van der Waals surface area contributed by atoms with Crippen LogP contribution in [0.2, 0.25) is 0 Å². The molecule has 0 saturated carbocycles. The predicted molar refractivity (Wildman–Crippen MR) is 156 cm³/mol. The number of hydrogen-bond acceptors (Lipinski definition) is 6. The molecular formula is C31H40N4O4. The van der Waals surface area contributed by atoms with Crippen molar-refractivity contribution in [1.82, 2.24) is 10.3 Å². The molecule has 2 atom stereocenters. The molecule has 208 valence electrons. The largest absolute Gasteiger partial charge is 0.493 e. The highest BCUT2D eigenvalue weighted by Gasteiger charge is 2.23. The van der Waals surface area contributed by atoms with Crippen LogP contribution in [-0.2, 0) is 16.0 Å². The maximum atomic E-state index is 12.5. The summed E-state index contributed by atoms with van der Waals surface area (Å²) in [4.78, 5) is 32.1. The highest BCUT2D eigenvalue weighted by atomic mass is 16.5. The van der Waals surface area contributed by atoms with E-state index in [1.165, 1.54) is 6.42 Å². The summed E-state index contributed by atoms with van der Waals surface area (Å²) in [5, 5.41) is 6.83. The van der Waals surface area contributed by atoms with Crippen molar-refractivity contribution in [1.29, 1.82) is 0 Å². The summed E-state index contributed by atoms with van der Waals surface area (Å²) in [7, 11) is 3.19. The number of aryl methyl sites for hydroxylation is 1. The lowest BCUT2D eigenvalue weighted by atomic mass is 9.92. The topological polar surface area (TPSA) is 92.8 Å². The second-order valence-corrected chi connectivity index (χ2v) is 10.7. The van der Waals surface area contributed by atoms with Gasteiger partial charge >= 0.3 is 0 Å². The lowest BCUT2D eigenvalue weighted by Gasteiger charge is -2.36. The van der Waals surface area contributed by atoms with Gasteiger partial charge in [0.05, 0.1) is 19.7 Å². The van der Waals surface area contributed by atoms with Gasteiger partial charge in [0, 0.05) is 43.5 Å². The molecule has 0 radical (unpaired) electrons. The van der Waals surface area contributed by atoms with E-state index in [4.69, 9.17) is 14.5 Å². The first-order chi connectivity index (χ1) is 18.7. The minimum absolute atomic E-state index is 0.113. The summed E-state index contributed by atoms with van der Waals surface area (Å²) in [5.74, 6) is 3.31. The molecule has 0 spiro atoms. The number of amides is 2. The average molecular weight is 533 g/mol. The van der Waals surface area contributed by atoms with E-state index in [1.54, 1.807) is 14.2 Å². The number of benzene rings is 2. The fourth-order valence-electron chi connectivity index (χ4n) is 5.39. The maximum Gasteiger partial charge on any atom is 0.224 e. The standard InChI is InChI=1S/C31H40N4O4/c1-20-14-21(2)19-35(18-20)29-15-22(3)25-17-24(7-8-26(25)34-29)33-31(37)11-10-30(36)32-13-12-23-6-9-27(38-4)28(16-23)39-5/h6-9,15-17,20-21H,10-14,18-19H2,1-5H3,(H,32,36)(H,33,37)/t20-,21-/m1/s1. The molecule has 1 aliphatic rings. The monoisotopic (exact) mass is 532 g/mol. The smallest absolute Gasteiger partial charge is 0.224 e. The van der Waals surface area contributed by atoms with Gasteiger partial charge in [-0.15, -0.1) is 0 Å². The van der Waals surface area contributed by atoms with E-state index in [-0.39, 0.29) is 24.7 Å². The molecule has 0 unspecified atom stereocenters. The summed E-state index contributed by atoms with van der Waals surface area (Å²) in [5.41, 5.74) is 3.78. The first-order valence-electron chi connectivity index (χ1n) is 13.7. The van der Waals surface area contributed by atoms with Crippen molar-refractivity contribution in [3.63, 3.8) is 0 Å². The molecule has 39 heavy (non-hydrogen) atoms. The second kappa shape index (κ2) is 12.8.